The van der Waals surface area contributed by atoms with Crippen molar-refractivity contribution in [2.45, 2.75) is 63.6 Å². The average molecular weight is 572 g/mol. The van der Waals surface area contributed by atoms with E-state index in [1.54, 1.807) is 33.1 Å². The first-order valence-electron chi connectivity index (χ1n) is 11.9. The van der Waals surface area contributed by atoms with Crippen molar-refractivity contribution in [1.82, 2.24) is 15.5 Å². The molecule has 1 saturated heterocycles. The Morgan fingerprint density at radius 1 is 1.26 bits per heavy atom. The number of hydrogen-bond donors (Lipinski definition) is 3. The second-order valence-electron chi connectivity index (χ2n) is 10.0. The number of carbonyl (C=O) groups excluding carboxylic acids is 4. The number of hydrogen-bond acceptors (Lipinski definition) is 9. The molecule has 0 radical (unpaired) electrons. The topological polar surface area (TPSA) is 161 Å². The minimum atomic E-state index is -1.33. The molecule has 1 fully saturated rings. The van der Waals surface area contributed by atoms with Crippen molar-refractivity contribution >= 4 is 71.2 Å². The SMILES string of the molecule is CC(=O)OCC1=C(C(=O)O)N2C(=O)C(NC(=O)C(NC(=O)OC(C)(C)C)C3=C4C=COC=C4CC3)C2SC1.[NaH]. The van der Waals surface area contributed by atoms with Crippen molar-refractivity contribution in [2.24, 2.45) is 0 Å². The Bertz CT molecular complexity index is 1220. The molecule has 4 aliphatic rings. The molecule has 0 bridgehead atoms. The summed E-state index contributed by atoms with van der Waals surface area (Å²) in [6, 6.07) is -2.13. The molecule has 1 aliphatic carbocycles. The van der Waals surface area contributed by atoms with Crippen molar-refractivity contribution in [1.29, 1.82) is 0 Å². The van der Waals surface area contributed by atoms with Gasteiger partial charge in [0.05, 0.1) is 12.5 Å². The van der Waals surface area contributed by atoms with Crippen molar-refractivity contribution < 1.29 is 43.3 Å². The molecule has 3 unspecified atom stereocenters. The number of carboxylic acid groups (broad SMARTS) is 1. The van der Waals surface area contributed by atoms with Crippen LogP contribution in [0, 0.1) is 0 Å². The average Bonchev–Trinajstić information content (AvgIpc) is 3.26. The van der Waals surface area contributed by atoms with Gasteiger partial charge in [-0.05, 0) is 56.4 Å². The molecule has 0 saturated carbocycles. The number of esters is 1. The number of β-lactam (4-membered cyclic amide) rings is 1. The third-order valence-corrected chi connectivity index (χ3v) is 7.49. The van der Waals surface area contributed by atoms with Crippen LogP contribution in [0.1, 0.15) is 40.5 Å². The molecular weight excluding hydrogens is 541 g/mol. The number of amides is 3. The van der Waals surface area contributed by atoms with Gasteiger partial charge < -0.3 is 30.0 Å². The van der Waals surface area contributed by atoms with E-state index in [1.165, 1.54) is 24.9 Å². The number of fused-ring (bicyclic) bond motifs is 2. The molecule has 39 heavy (non-hydrogen) atoms. The van der Waals surface area contributed by atoms with E-state index in [9.17, 15) is 29.1 Å². The van der Waals surface area contributed by atoms with Gasteiger partial charge in [-0.2, -0.15) is 0 Å². The summed E-state index contributed by atoms with van der Waals surface area (Å²) in [5, 5.41) is 14.4. The molecule has 3 N–H and O–H groups in total. The molecule has 0 aromatic heterocycles. The van der Waals surface area contributed by atoms with E-state index in [0.29, 0.717) is 24.0 Å². The zero-order valence-electron chi connectivity index (χ0n) is 21.4. The fraction of sp³-hybridized carbons (Fsp3) is 0.480. The fourth-order valence-electron chi connectivity index (χ4n) is 4.57. The maximum absolute atomic E-state index is 13.5. The predicted octanol–water partition coefficient (Wildman–Crippen LogP) is 1.05. The molecule has 3 aliphatic heterocycles. The van der Waals surface area contributed by atoms with Crippen LogP contribution in [-0.2, 0) is 33.4 Å². The number of nitrogens with one attached hydrogen (secondary N) is 2. The molecule has 3 heterocycles. The number of thioether (sulfide) groups is 1. The molecule has 0 aromatic rings. The molecule has 0 spiro atoms. The summed E-state index contributed by atoms with van der Waals surface area (Å²) in [5.41, 5.74) is 1.55. The summed E-state index contributed by atoms with van der Waals surface area (Å²) in [6.45, 7) is 6.06. The summed E-state index contributed by atoms with van der Waals surface area (Å²) in [4.78, 5) is 63.4. The first kappa shape index (κ1) is 30.8. The first-order chi connectivity index (χ1) is 17.9. The standard InChI is InChI=1S/C25H29N3O9S.Na.H/c1-12(29)36-10-14-11-38-22-18(21(31)28(22)19(14)23(32)33)26-20(30)17(27-24(34)37-25(2,3)4)16-6-5-13-9-35-8-7-15(13)16;;/h7-9,17-18,22H,5-6,10-11H2,1-4H3,(H,26,30)(H,27,34)(H,32,33);;. The third kappa shape index (κ3) is 6.71. The zero-order chi connectivity index (χ0) is 27.8. The van der Waals surface area contributed by atoms with Crippen LogP contribution < -0.4 is 10.6 Å². The van der Waals surface area contributed by atoms with E-state index in [-0.39, 0.29) is 47.6 Å². The van der Waals surface area contributed by atoms with E-state index in [4.69, 9.17) is 14.2 Å². The van der Waals surface area contributed by atoms with Crippen LogP contribution in [0.15, 0.2) is 46.6 Å². The Balaban J connectivity index is 0.00000420. The predicted molar refractivity (Wildman–Crippen MR) is 141 cm³/mol. The maximum atomic E-state index is 13.5. The number of allylic oxidation sites excluding steroid dienone is 3. The molecule has 206 valence electrons. The Labute approximate surface area is 251 Å². The van der Waals surface area contributed by atoms with Crippen LogP contribution >= 0.6 is 11.8 Å². The van der Waals surface area contributed by atoms with Gasteiger partial charge in [-0.15, -0.1) is 11.8 Å². The van der Waals surface area contributed by atoms with Crippen molar-refractivity contribution in [3.8, 4) is 0 Å². The fourth-order valence-corrected chi connectivity index (χ4v) is 5.89. The summed E-state index contributed by atoms with van der Waals surface area (Å²) in [5.74, 6) is -2.94. The van der Waals surface area contributed by atoms with Gasteiger partial charge in [-0.25, -0.2) is 9.59 Å². The number of carboxylic acids is 1. The van der Waals surface area contributed by atoms with Crippen LogP contribution in [-0.4, -0.2) is 105 Å². The quantitative estimate of drug-likeness (QED) is 0.229. The third-order valence-electron chi connectivity index (χ3n) is 6.15. The number of alkyl carbamates (subject to hydrolysis) is 1. The molecule has 12 nitrogen and oxygen atoms in total. The van der Waals surface area contributed by atoms with Gasteiger partial charge in [-0.1, -0.05) is 0 Å². The Hall–Kier alpha value is -2.74. The number of nitrogens with zero attached hydrogens (tertiary/aromatic N) is 1. The van der Waals surface area contributed by atoms with E-state index in [1.807, 2.05) is 0 Å². The minimum absolute atomic E-state index is 0. The van der Waals surface area contributed by atoms with Crippen molar-refractivity contribution in [3.63, 3.8) is 0 Å². The van der Waals surface area contributed by atoms with Crippen LogP contribution in [0.25, 0.3) is 0 Å². The second kappa shape index (κ2) is 12.2. The summed E-state index contributed by atoms with van der Waals surface area (Å²) in [7, 11) is 0. The Kier molecular flexibility index (Phi) is 9.63. The molecular formula is C25H30N3NaO9S. The molecule has 4 rings (SSSR count). The van der Waals surface area contributed by atoms with Crippen LogP contribution in [0.3, 0.4) is 0 Å². The summed E-state index contributed by atoms with van der Waals surface area (Å²) in [6.07, 6.45) is 5.09. The Morgan fingerprint density at radius 2 is 1.97 bits per heavy atom. The zero-order valence-corrected chi connectivity index (χ0v) is 22.2. The van der Waals surface area contributed by atoms with Crippen molar-refractivity contribution in [3.05, 3.63) is 46.6 Å². The molecule has 0 aromatic carbocycles. The van der Waals surface area contributed by atoms with Crippen LogP contribution in [0.5, 0.6) is 0 Å². The van der Waals surface area contributed by atoms with Gasteiger partial charge >= 0.3 is 47.6 Å². The molecule has 3 atom stereocenters. The van der Waals surface area contributed by atoms with Gasteiger partial charge in [0.1, 0.15) is 35.4 Å². The van der Waals surface area contributed by atoms with E-state index < -0.39 is 52.9 Å². The van der Waals surface area contributed by atoms with E-state index >= 15 is 0 Å². The normalized spacial score (nSPS) is 22.3. The second-order valence-corrected chi connectivity index (χ2v) is 11.1. The van der Waals surface area contributed by atoms with Gasteiger partial charge in [0.15, 0.2) is 0 Å². The molecule has 3 amide bonds. The van der Waals surface area contributed by atoms with E-state index in [2.05, 4.69) is 10.6 Å². The number of rotatable bonds is 7. The van der Waals surface area contributed by atoms with E-state index in [0.717, 1.165) is 16.0 Å². The summed E-state index contributed by atoms with van der Waals surface area (Å²) >= 11 is 1.25. The van der Waals surface area contributed by atoms with Crippen LogP contribution in [0.4, 0.5) is 4.79 Å². The number of carbonyl (C=O) groups is 5. The van der Waals surface area contributed by atoms with Gasteiger partial charge in [0, 0.05) is 18.2 Å². The first-order valence-corrected chi connectivity index (χ1v) is 13.0. The number of aliphatic carboxylic acids is 1. The summed E-state index contributed by atoms with van der Waals surface area (Å²) < 4.78 is 15.5. The van der Waals surface area contributed by atoms with Gasteiger partial charge in [0.2, 0.25) is 5.91 Å². The van der Waals surface area contributed by atoms with Crippen molar-refractivity contribution in [2.75, 3.05) is 12.4 Å². The number of ether oxygens (including phenoxy) is 3. The molecule has 14 heteroatoms. The van der Waals surface area contributed by atoms with Crippen LogP contribution in [0.2, 0.25) is 0 Å². The van der Waals surface area contributed by atoms with Gasteiger partial charge in [0.25, 0.3) is 5.91 Å². The monoisotopic (exact) mass is 571 g/mol. The Morgan fingerprint density at radius 3 is 2.62 bits per heavy atom. The van der Waals surface area contributed by atoms with Gasteiger partial charge in [-0.3, -0.25) is 19.3 Å².